The van der Waals surface area contributed by atoms with Crippen molar-refractivity contribution in [2.45, 2.75) is 18.8 Å². The van der Waals surface area contributed by atoms with E-state index in [2.05, 4.69) is 20.5 Å². The van der Waals surface area contributed by atoms with Crippen LogP contribution < -0.4 is 5.32 Å². The highest BCUT2D eigenvalue weighted by Gasteiger charge is 2.24. The lowest BCUT2D eigenvalue weighted by Gasteiger charge is -2.09. The van der Waals surface area contributed by atoms with Crippen LogP contribution in [0.15, 0.2) is 30.6 Å². The van der Waals surface area contributed by atoms with Crippen molar-refractivity contribution in [3.63, 3.8) is 0 Å². The average molecular weight is 286 g/mol. The quantitative estimate of drug-likeness (QED) is 0.867. The van der Waals surface area contributed by atoms with E-state index < -0.39 is 0 Å². The molecule has 1 aliphatic heterocycles. The number of hydrogen-bond donors (Lipinski definition) is 2. The molecule has 21 heavy (non-hydrogen) atoms. The van der Waals surface area contributed by atoms with Crippen LogP contribution in [0.5, 0.6) is 0 Å². The molecule has 0 saturated carbocycles. The summed E-state index contributed by atoms with van der Waals surface area (Å²) in [6, 6.07) is 5.77. The Morgan fingerprint density at radius 1 is 1.48 bits per heavy atom. The largest absolute Gasteiger partial charge is 0.381 e. The first kappa shape index (κ1) is 13.8. The molecule has 0 aliphatic carbocycles. The van der Waals surface area contributed by atoms with Gasteiger partial charge in [0.2, 0.25) is 0 Å². The first-order chi connectivity index (χ1) is 10.3. The van der Waals surface area contributed by atoms with Gasteiger partial charge in [0.1, 0.15) is 0 Å². The number of carbonyl (C=O) groups excluding carboxylic acids is 1. The molecule has 0 bridgehead atoms. The van der Waals surface area contributed by atoms with Crippen LogP contribution in [0, 0.1) is 0 Å². The minimum Gasteiger partial charge on any atom is -0.381 e. The van der Waals surface area contributed by atoms with Crippen molar-refractivity contribution in [2.75, 3.05) is 19.8 Å². The van der Waals surface area contributed by atoms with Gasteiger partial charge in [-0.3, -0.25) is 14.9 Å². The van der Waals surface area contributed by atoms with E-state index in [-0.39, 0.29) is 11.8 Å². The highest BCUT2D eigenvalue weighted by Crippen LogP contribution is 2.25. The zero-order valence-corrected chi connectivity index (χ0v) is 11.7. The van der Waals surface area contributed by atoms with Gasteiger partial charge in [-0.05, 0) is 18.6 Å². The standard InChI is InChI=1S/C15H18N4O2/c20-15(17-7-4-12-3-1-2-6-16-12)13-9-18-19-14(13)11-5-8-21-10-11/h1-3,6,9,11H,4-5,7-8,10H2,(H,17,20)(H,18,19)/t11-/m0/s1. The second kappa shape index (κ2) is 6.49. The molecule has 1 fully saturated rings. The topological polar surface area (TPSA) is 79.9 Å². The average Bonchev–Trinajstić information content (AvgIpc) is 3.19. The number of ether oxygens (including phenoxy) is 1. The van der Waals surface area contributed by atoms with Crippen LogP contribution in [0.4, 0.5) is 0 Å². The molecule has 3 rings (SSSR count). The van der Waals surface area contributed by atoms with Crippen molar-refractivity contribution in [2.24, 2.45) is 0 Å². The van der Waals surface area contributed by atoms with Crippen LogP contribution in [0.1, 0.15) is 34.1 Å². The zero-order valence-electron chi connectivity index (χ0n) is 11.7. The molecule has 0 spiro atoms. The molecule has 2 N–H and O–H groups in total. The third-order valence-electron chi connectivity index (χ3n) is 3.64. The maximum Gasteiger partial charge on any atom is 0.254 e. The van der Waals surface area contributed by atoms with Crippen LogP contribution in [-0.4, -0.2) is 40.8 Å². The number of carbonyl (C=O) groups is 1. The molecule has 2 aromatic heterocycles. The second-order valence-electron chi connectivity index (χ2n) is 5.08. The Morgan fingerprint density at radius 2 is 2.43 bits per heavy atom. The highest BCUT2D eigenvalue weighted by molar-refractivity contribution is 5.95. The highest BCUT2D eigenvalue weighted by atomic mass is 16.5. The molecule has 0 aromatic carbocycles. The number of nitrogens with zero attached hydrogens (tertiary/aromatic N) is 2. The van der Waals surface area contributed by atoms with Crippen molar-refractivity contribution in [1.82, 2.24) is 20.5 Å². The summed E-state index contributed by atoms with van der Waals surface area (Å²) in [4.78, 5) is 16.5. The van der Waals surface area contributed by atoms with Gasteiger partial charge in [0, 0.05) is 37.4 Å². The molecule has 0 unspecified atom stereocenters. The Labute approximate surface area is 122 Å². The number of amides is 1. The van der Waals surface area contributed by atoms with Crippen LogP contribution >= 0.6 is 0 Å². The van der Waals surface area contributed by atoms with Gasteiger partial charge in [0.05, 0.1) is 24.1 Å². The van der Waals surface area contributed by atoms with Crippen molar-refractivity contribution in [3.8, 4) is 0 Å². The molecule has 6 heteroatoms. The smallest absolute Gasteiger partial charge is 0.254 e. The number of H-pyrrole nitrogens is 1. The number of aromatic nitrogens is 3. The molecule has 1 aliphatic rings. The number of pyridine rings is 1. The third kappa shape index (κ3) is 3.28. The van der Waals surface area contributed by atoms with Gasteiger partial charge in [-0.1, -0.05) is 6.07 Å². The first-order valence-corrected chi connectivity index (χ1v) is 7.13. The van der Waals surface area contributed by atoms with Crippen molar-refractivity contribution in [3.05, 3.63) is 47.5 Å². The minimum atomic E-state index is -0.0958. The summed E-state index contributed by atoms with van der Waals surface area (Å²) in [7, 11) is 0. The normalized spacial score (nSPS) is 17.8. The van der Waals surface area contributed by atoms with Gasteiger partial charge >= 0.3 is 0 Å². The molecular formula is C15H18N4O2. The van der Waals surface area contributed by atoms with E-state index in [1.807, 2.05) is 18.2 Å². The summed E-state index contributed by atoms with van der Waals surface area (Å²) < 4.78 is 5.37. The molecule has 3 heterocycles. The van der Waals surface area contributed by atoms with Gasteiger partial charge < -0.3 is 10.1 Å². The second-order valence-corrected chi connectivity index (χ2v) is 5.08. The lowest BCUT2D eigenvalue weighted by molar-refractivity contribution is 0.0952. The van der Waals surface area contributed by atoms with E-state index in [0.29, 0.717) is 25.1 Å². The molecule has 0 radical (unpaired) electrons. The molecule has 2 aromatic rings. The molecule has 1 atom stereocenters. The number of nitrogens with one attached hydrogen (secondary N) is 2. The summed E-state index contributed by atoms with van der Waals surface area (Å²) >= 11 is 0. The van der Waals surface area contributed by atoms with Crippen LogP contribution in [0.3, 0.4) is 0 Å². The Hall–Kier alpha value is -2.21. The number of hydrogen-bond acceptors (Lipinski definition) is 4. The fourth-order valence-corrected chi connectivity index (χ4v) is 2.50. The Kier molecular flexibility index (Phi) is 4.25. The van der Waals surface area contributed by atoms with Crippen molar-refractivity contribution < 1.29 is 9.53 Å². The van der Waals surface area contributed by atoms with Gasteiger partial charge in [-0.2, -0.15) is 5.10 Å². The summed E-state index contributed by atoms with van der Waals surface area (Å²) in [6.45, 7) is 1.95. The Bertz CT molecular complexity index is 591. The number of rotatable bonds is 5. The van der Waals surface area contributed by atoms with E-state index in [9.17, 15) is 4.79 Å². The predicted molar refractivity (Wildman–Crippen MR) is 77.0 cm³/mol. The summed E-state index contributed by atoms with van der Waals surface area (Å²) in [5.74, 6) is 0.144. The third-order valence-corrected chi connectivity index (χ3v) is 3.64. The van der Waals surface area contributed by atoms with Gasteiger partial charge in [-0.15, -0.1) is 0 Å². The summed E-state index contributed by atoms with van der Waals surface area (Å²) in [5.41, 5.74) is 2.46. The van der Waals surface area contributed by atoms with E-state index in [1.165, 1.54) is 0 Å². The van der Waals surface area contributed by atoms with Crippen LogP contribution in [0.2, 0.25) is 0 Å². The van der Waals surface area contributed by atoms with Crippen molar-refractivity contribution >= 4 is 5.91 Å². The van der Waals surface area contributed by atoms with Crippen LogP contribution in [-0.2, 0) is 11.2 Å². The van der Waals surface area contributed by atoms with E-state index in [4.69, 9.17) is 4.74 Å². The maximum absolute atomic E-state index is 12.2. The van der Waals surface area contributed by atoms with E-state index >= 15 is 0 Å². The number of aromatic amines is 1. The SMILES string of the molecule is O=C(NCCc1ccccn1)c1cn[nH]c1[C@H]1CCOC1. The predicted octanol–water partition coefficient (Wildman–Crippen LogP) is 1.28. The monoisotopic (exact) mass is 286 g/mol. The van der Waals surface area contributed by atoms with Crippen molar-refractivity contribution in [1.29, 1.82) is 0 Å². The van der Waals surface area contributed by atoms with E-state index in [1.54, 1.807) is 12.4 Å². The minimum absolute atomic E-state index is 0.0958. The fourth-order valence-electron chi connectivity index (χ4n) is 2.50. The Morgan fingerprint density at radius 3 is 3.19 bits per heavy atom. The Balaban J connectivity index is 1.57. The lowest BCUT2D eigenvalue weighted by atomic mass is 10.0. The summed E-state index contributed by atoms with van der Waals surface area (Å²) in [5, 5.41) is 9.85. The van der Waals surface area contributed by atoms with E-state index in [0.717, 1.165) is 24.4 Å². The van der Waals surface area contributed by atoms with Gasteiger partial charge in [0.15, 0.2) is 0 Å². The zero-order chi connectivity index (χ0) is 14.5. The maximum atomic E-state index is 12.2. The molecule has 110 valence electrons. The fraction of sp³-hybridized carbons (Fsp3) is 0.400. The molecular weight excluding hydrogens is 268 g/mol. The van der Waals surface area contributed by atoms with Gasteiger partial charge in [-0.25, -0.2) is 0 Å². The summed E-state index contributed by atoms with van der Waals surface area (Å²) in [6.07, 6.45) is 4.98. The first-order valence-electron chi connectivity index (χ1n) is 7.13. The van der Waals surface area contributed by atoms with Crippen LogP contribution in [0.25, 0.3) is 0 Å². The van der Waals surface area contributed by atoms with Gasteiger partial charge in [0.25, 0.3) is 5.91 Å². The molecule has 6 nitrogen and oxygen atoms in total. The molecule has 1 amide bonds. The molecule has 1 saturated heterocycles. The lowest BCUT2D eigenvalue weighted by Crippen LogP contribution is -2.27.